The SMILES string of the molecule is Cc1nc(N)n(-c2cccc([N+](=O)[O-])c2)n1. The predicted molar refractivity (Wildman–Crippen MR) is 57.2 cm³/mol. The van der Waals surface area contributed by atoms with E-state index in [0.717, 1.165) is 0 Å². The van der Waals surface area contributed by atoms with Gasteiger partial charge in [0.05, 0.1) is 10.6 Å². The fraction of sp³-hybridized carbons (Fsp3) is 0.111. The van der Waals surface area contributed by atoms with Crippen molar-refractivity contribution in [2.75, 3.05) is 5.73 Å². The number of hydrogen-bond acceptors (Lipinski definition) is 5. The number of hydrogen-bond donors (Lipinski definition) is 1. The Bertz CT molecular complexity index is 549. The van der Waals surface area contributed by atoms with Crippen LogP contribution in [0.5, 0.6) is 0 Å². The van der Waals surface area contributed by atoms with E-state index in [1.165, 1.54) is 16.8 Å². The normalized spacial score (nSPS) is 10.3. The predicted octanol–water partition coefficient (Wildman–Crippen LogP) is 1.07. The van der Waals surface area contributed by atoms with Gasteiger partial charge in [0, 0.05) is 12.1 Å². The van der Waals surface area contributed by atoms with Crippen LogP contribution in [-0.4, -0.2) is 19.7 Å². The molecule has 0 spiro atoms. The zero-order chi connectivity index (χ0) is 11.7. The first-order valence-electron chi connectivity index (χ1n) is 4.52. The molecule has 0 saturated carbocycles. The van der Waals surface area contributed by atoms with Gasteiger partial charge in [0.15, 0.2) is 0 Å². The molecule has 0 aliphatic rings. The van der Waals surface area contributed by atoms with Gasteiger partial charge in [0.1, 0.15) is 5.82 Å². The first kappa shape index (κ1) is 10.1. The molecular formula is C9H9N5O2. The number of aromatic nitrogens is 3. The molecule has 0 atom stereocenters. The quantitative estimate of drug-likeness (QED) is 0.601. The molecule has 0 fully saturated rings. The van der Waals surface area contributed by atoms with Crippen LogP contribution >= 0.6 is 0 Å². The molecule has 2 aromatic rings. The third kappa shape index (κ3) is 1.70. The van der Waals surface area contributed by atoms with Crippen molar-refractivity contribution >= 4 is 11.6 Å². The summed E-state index contributed by atoms with van der Waals surface area (Å²) in [4.78, 5) is 14.1. The second-order valence-corrected chi connectivity index (χ2v) is 3.21. The molecule has 2 N–H and O–H groups in total. The summed E-state index contributed by atoms with van der Waals surface area (Å²) in [6, 6.07) is 6.05. The van der Waals surface area contributed by atoms with Crippen LogP contribution in [0, 0.1) is 17.0 Å². The summed E-state index contributed by atoms with van der Waals surface area (Å²) in [5.41, 5.74) is 6.13. The van der Waals surface area contributed by atoms with E-state index in [1.807, 2.05) is 0 Å². The molecule has 7 heteroatoms. The molecular weight excluding hydrogens is 210 g/mol. The zero-order valence-electron chi connectivity index (χ0n) is 8.49. The summed E-state index contributed by atoms with van der Waals surface area (Å²) in [5.74, 6) is 0.724. The number of benzene rings is 1. The Morgan fingerprint density at radius 3 is 2.81 bits per heavy atom. The van der Waals surface area contributed by atoms with E-state index in [4.69, 9.17) is 5.73 Å². The average Bonchev–Trinajstić information content (AvgIpc) is 2.58. The zero-order valence-corrected chi connectivity index (χ0v) is 8.49. The Morgan fingerprint density at radius 2 is 2.25 bits per heavy atom. The van der Waals surface area contributed by atoms with Gasteiger partial charge in [-0.2, -0.15) is 9.67 Å². The minimum atomic E-state index is -0.469. The summed E-state index contributed by atoms with van der Waals surface area (Å²) >= 11 is 0. The lowest BCUT2D eigenvalue weighted by molar-refractivity contribution is -0.384. The maximum atomic E-state index is 10.6. The van der Waals surface area contributed by atoms with E-state index in [1.54, 1.807) is 19.1 Å². The highest BCUT2D eigenvalue weighted by Crippen LogP contribution is 2.17. The molecule has 82 valence electrons. The van der Waals surface area contributed by atoms with Crippen molar-refractivity contribution in [2.24, 2.45) is 0 Å². The molecule has 0 aliphatic heterocycles. The number of nitro benzene ring substituents is 1. The van der Waals surface area contributed by atoms with Crippen LogP contribution in [0.15, 0.2) is 24.3 Å². The Balaban J connectivity index is 2.52. The monoisotopic (exact) mass is 219 g/mol. The van der Waals surface area contributed by atoms with E-state index in [-0.39, 0.29) is 11.6 Å². The van der Waals surface area contributed by atoms with Crippen LogP contribution in [0.4, 0.5) is 11.6 Å². The van der Waals surface area contributed by atoms with E-state index in [9.17, 15) is 10.1 Å². The van der Waals surface area contributed by atoms with Crippen LogP contribution < -0.4 is 5.73 Å². The highest BCUT2D eigenvalue weighted by molar-refractivity contribution is 5.45. The van der Waals surface area contributed by atoms with Gasteiger partial charge in [-0.25, -0.2) is 0 Å². The lowest BCUT2D eigenvalue weighted by Gasteiger charge is -2.01. The molecule has 16 heavy (non-hydrogen) atoms. The van der Waals surface area contributed by atoms with Crippen molar-refractivity contribution in [1.82, 2.24) is 14.8 Å². The van der Waals surface area contributed by atoms with Crippen molar-refractivity contribution in [3.8, 4) is 5.69 Å². The van der Waals surface area contributed by atoms with Gasteiger partial charge in [-0.3, -0.25) is 10.1 Å². The molecule has 0 bridgehead atoms. The molecule has 0 amide bonds. The maximum Gasteiger partial charge on any atom is 0.271 e. The average molecular weight is 219 g/mol. The van der Waals surface area contributed by atoms with Crippen molar-refractivity contribution in [1.29, 1.82) is 0 Å². The van der Waals surface area contributed by atoms with Crippen LogP contribution in [0.2, 0.25) is 0 Å². The molecule has 0 aliphatic carbocycles. The van der Waals surface area contributed by atoms with E-state index in [0.29, 0.717) is 11.5 Å². The summed E-state index contributed by atoms with van der Waals surface area (Å²) in [7, 11) is 0. The van der Waals surface area contributed by atoms with Gasteiger partial charge in [-0.05, 0) is 13.0 Å². The number of nitrogens with zero attached hydrogens (tertiary/aromatic N) is 4. The van der Waals surface area contributed by atoms with E-state index >= 15 is 0 Å². The first-order chi connectivity index (χ1) is 7.58. The second kappa shape index (κ2) is 3.61. The summed E-state index contributed by atoms with van der Waals surface area (Å²) < 4.78 is 1.36. The van der Waals surface area contributed by atoms with Gasteiger partial charge >= 0.3 is 0 Å². The minimum absolute atomic E-state index is 0.00921. The van der Waals surface area contributed by atoms with E-state index in [2.05, 4.69) is 10.1 Å². The lowest BCUT2D eigenvalue weighted by Crippen LogP contribution is -2.02. The minimum Gasteiger partial charge on any atom is -0.368 e. The van der Waals surface area contributed by atoms with Gasteiger partial charge in [0.2, 0.25) is 5.95 Å². The molecule has 1 heterocycles. The number of anilines is 1. The number of rotatable bonds is 2. The smallest absolute Gasteiger partial charge is 0.271 e. The van der Waals surface area contributed by atoms with Gasteiger partial charge in [-0.1, -0.05) is 6.07 Å². The Hall–Kier alpha value is -2.44. The molecule has 2 rings (SSSR count). The fourth-order valence-electron chi connectivity index (χ4n) is 1.36. The fourth-order valence-corrected chi connectivity index (χ4v) is 1.36. The third-order valence-electron chi connectivity index (χ3n) is 2.02. The topological polar surface area (TPSA) is 99.9 Å². The van der Waals surface area contributed by atoms with Gasteiger partial charge in [-0.15, -0.1) is 5.10 Å². The van der Waals surface area contributed by atoms with Crippen molar-refractivity contribution in [3.63, 3.8) is 0 Å². The third-order valence-corrected chi connectivity index (χ3v) is 2.02. The van der Waals surface area contributed by atoms with Crippen molar-refractivity contribution in [3.05, 3.63) is 40.2 Å². The lowest BCUT2D eigenvalue weighted by atomic mass is 10.3. The standard InChI is InChI=1S/C9H9N5O2/c1-6-11-9(10)13(12-6)7-3-2-4-8(5-7)14(15)16/h2-5H,1H3,(H2,10,11,12). The highest BCUT2D eigenvalue weighted by atomic mass is 16.6. The number of aryl methyl sites for hydroxylation is 1. The second-order valence-electron chi connectivity index (χ2n) is 3.21. The van der Waals surface area contributed by atoms with Crippen LogP contribution in [0.25, 0.3) is 5.69 Å². The first-order valence-corrected chi connectivity index (χ1v) is 4.52. The van der Waals surface area contributed by atoms with Crippen LogP contribution in [-0.2, 0) is 0 Å². The molecule has 7 nitrogen and oxygen atoms in total. The Morgan fingerprint density at radius 1 is 1.50 bits per heavy atom. The van der Waals surface area contributed by atoms with Crippen molar-refractivity contribution in [2.45, 2.75) is 6.92 Å². The number of nitro groups is 1. The molecule has 1 aromatic heterocycles. The van der Waals surface area contributed by atoms with E-state index < -0.39 is 4.92 Å². The number of nitrogens with two attached hydrogens (primary N) is 1. The summed E-state index contributed by atoms with van der Waals surface area (Å²) in [6.07, 6.45) is 0. The van der Waals surface area contributed by atoms with Crippen LogP contribution in [0.3, 0.4) is 0 Å². The Labute approximate surface area is 90.7 Å². The largest absolute Gasteiger partial charge is 0.368 e. The maximum absolute atomic E-state index is 10.6. The molecule has 0 saturated heterocycles. The molecule has 0 radical (unpaired) electrons. The van der Waals surface area contributed by atoms with Gasteiger partial charge < -0.3 is 5.73 Å². The number of non-ortho nitro benzene ring substituents is 1. The molecule has 1 aromatic carbocycles. The van der Waals surface area contributed by atoms with Crippen LogP contribution in [0.1, 0.15) is 5.82 Å². The summed E-state index contributed by atoms with van der Waals surface area (Å²) in [5, 5.41) is 14.6. The summed E-state index contributed by atoms with van der Waals surface area (Å²) in [6.45, 7) is 1.70. The van der Waals surface area contributed by atoms with Crippen molar-refractivity contribution < 1.29 is 4.92 Å². The highest BCUT2D eigenvalue weighted by Gasteiger charge is 2.10. The number of nitrogen functional groups attached to an aromatic ring is 1. The van der Waals surface area contributed by atoms with Gasteiger partial charge in [0.25, 0.3) is 5.69 Å². The molecule has 0 unspecified atom stereocenters. The Kier molecular flexibility index (Phi) is 2.28.